The third-order valence-electron chi connectivity index (χ3n) is 2.39. The highest BCUT2D eigenvalue weighted by atomic mass is 16.2. The van der Waals surface area contributed by atoms with E-state index in [1.165, 1.54) is 0 Å². The maximum absolute atomic E-state index is 11.6. The SMILES string of the molecule is Cc1cccc(NC(=O)CNC(=O)C(C)(C)C)c1. The fraction of sp³-hybridized carbons (Fsp3) is 0.429. The molecule has 0 bridgehead atoms. The molecule has 0 radical (unpaired) electrons. The maximum atomic E-state index is 11.6. The smallest absolute Gasteiger partial charge is 0.243 e. The summed E-state index contributed by atoms with van der Waals surface area (Å²) < 4.78 is 0. The van der Waals surface area contributed by atoms with Gasteiger partial charge in [-0.05, 0) is 24.6 Å². The fourth-order valence-corrected chi connectivity index (χ4v) is 1.35. The van der Waals surface area contributed by atoms with E-state index in [9.17, 15) is 9.59 Å². The van der Waals surface area contributed by atoms with Crippen molar-refractivity contribution >= 4 is 17.5 Å². The van der Waals surface area contributed by atoms with Crippen LogP contribution in [0.15, 0.2) is 24.3 Å². The predicted molar refractivity (Wildman–Crippen MR) is 72.3 cm³/mol. The van der Waals surface area contributed by atoms with Crippen molar-refractivity contribution in [2.24, 2.45) is 5.41 Å². The van der Waals surface area contributed by atoms with Gasteiger partial charge in [0, 0.05) is 11.1 Å². The molecule has 0 saturated carbocycles. The Morgan fingerprint density at radius 3 is 2.44 bits per heavy atom. The number of aryl methyl sites for hydroxylation is 1. The van der Waals surface area contributed by atoms with Gasteiger partial charge in [0.1, 0.15) is 0 Å². The lowest BCUT2D eigenvalue weighted by Gasteiger charge is -2.17. The standard InChI is InChI=1S/C14H20N2O2/c1-10-6-5-7-11(8-10)16-12(17)9-15-13(18)14(2,3)4/h5-8H,9H2,1-4H3,(H,15,18)(H,16,17). The highest BCUT2D eigenvalue weighted by Crippen LogP contribution is 2.12. The molecule has 2 N–H and O–H groups in total. The summed E-state index contributed by atoms with van der Waals surface area (Å²) >= 11 is 0. The fourth-order valence-electron chi connectivity index (χ4n) is 1.35. The summed E-state index contributed by atoms with van der Waals surface area (Å²) in [5.41, 5.74) is 1.33. The first kappa shape index (κ1) is 14.2. The van der Waals surface area contributed by atoms with Gasteiger partial charge in [0.15, 0.2) is 0 Å². The van der Waals surface area contributed by atoms with Gasteiger partial charge in [0.05, 0.1) is 6.54 Å². The lowest BCUT2D eigenvalue weighted by Crippen LogP contribution is -2.39. The number of amides is 2. The average Bonchev–Trinajstić information content (AvgIpc) is 2.24. The monoisotopic (exact) mass is 248 g/mol. The number of anilines is 1. The highest BCUT2D eigenvalue weighted by Gasteiger charge is 2.21. The number of hydrogen-bond acceptors (Lipinski definition) is 2. The van der Waals surface area contributed by atoms with Crippen LogP contribution in [0.1, 0.15) is 26.3 Å². The van der Waals surface area contributed by atoms with Gasteiger partial charge in [-0.15, -0.1) is 0 Å². The molecule has 1 aromatic rings. The van der Waals surface area contributed by atoms with Gasteiger partial charge in [-0.25, -0.2) is 0 Å². The maximum Gasteiger partial charge on any atom is 0.243 e. The van der Waals surface area contributed by atoms with Gasteiger partial charge in [-0.2, -0.15) is 0 Å². The molecule has 0 heterocycles. The number of carbonyl (C=O) groups excluding carboxylic acids is 2. The predicted octanol–water partition coefficient (Wildman–Crippen LogP) is 2.10. The molecule has 98 valence electrons. The molecule has 0 aliphatic rings. The Bertz CT molecular complexity index is 447. The Labute approximate surface area is 108 Å². The van der Waals surface area contributed by atoms with Crippen molar-refractivity contribution in [1.82, 2.24) is 5.32 Å². The van der Waals surface area contributed by atoms with Crippen molar-refractivity contribution in [3.63, 3.8) is 0 Å². The average molecular weight is 248 g/mol. The normalized spacial score (nSPS) is 10.9. The van der Waals surface area contributed by atoms with E-state index >= 15 is 0 Å². The summed E-state index contributed by atoms with van der Waals surface area (Å²) in [6, 6.07) is 7.52. The lowest BCUT2D eigenvalue weighted by molar-refractivity contribution is -0.130. The third kappa shape index (κ3) is 4.57. The van der Waals surface area contributed by atoms with E-state index < -0.39 is 5.41 Å². The first-order valence-electron chi connectivity index (χ1n) is 5.94. The molecule has 0 aliphatic carbocycles. The van der Waals surface area contributed by atoms with Crippen LogP contribution >= 0.6 is 0 Å². The van der Waals surface area contributed by atoms with E-state index in [0.29, 0.717) is 0 Å². The molecule has 4 heteroatoms. The Morgan fingerprint density at radius 2 is 1.89 bits per heavy atom. The molecule has 0 spiro atoms. The Kier molecular flexibility index (Phi) is 4.48. The van der Waals surface area contributed by atoms with Gasteiger partial charge in [0.2, 0.25) is 11.8 Å². The number of benzene rings is 1. The first-order valence-corrected chi connectivity index (χ1v) is 5.94. The zero-order valence-electron chi connectivity index (χ0n) is 11.3. The number of rotatable bonds is 3. The molecule has 0 aliphatic heterocycles. The van der Waals surface area contributed by atoms with Gasteiger partial charge in [-0.3, -0.25) is 9.59 Å². The molecule has 0 fully saturated rings. The molecular formula is C14H20N2O2. The topological polar surface area (TPSA) is 58.2 Å². The van der Waals surface area contributed by atoms with Crippen molar-refractivity contribution < 1.29 is 9.59 Å². The number of carbonyl (C=O) groups is 2. The van der Waals surface area contributed by atoms with Crippen LogP contribution in [0.5, 0.6) is 0 Å². The minimum atomic E-state index is -0.483. The summed E-state index contributed by atoms with van der Waals surface area (Å²) in [6.45, 7) is 7.36. The zero-order chi connectivity index (χ0) is 13.8. The van der Waals surface area contributed by atoms with E-state index in [-0.39, 0.29) is 18.4 Å². The minimum absolute atomic E-state index is 0.00988. The minimum Gasteiger partial charge on any atom is -0.347 e. The second kappa shape index (κ2) is 5.67. The molecular weight excluding hydrogens is 228 g/mol. The van der Waals surface area contributed by atoms with Crippen LogP contribution in [-0.2, 0) is 9.59 Å². The van der Waals surface area contributed by atoms with Crippen LogP contribution in [0.3, 0.4) is 0 Å². The summed E-state index contributed by atoms with van der Waals surface area (Å²) in [5.74, 6) is -0.361. The largest absolute Gasteiger partial charge is 0.347 e. The van der Waals surface area contributed by atoms with Crippen LogP contribution in [0.2, 0.25) is 0 Å². The van der Waals surface area contributed by atoms with E-state index in [1.807, 2.05) is 31.2 Å². The van der Waals surface area contributed by atoms with Gasteiger partial charge in [0.25, 0.3) is 0 Å². The molecule has 0 unspecified atom stereocenters. The van der Waals surface area contributed by atoms with E-state index in [2.05, 4.69) is 10.6 Å². The van der Waals surface area contributed by atoms with Crippen LogP contribution in [0.25, 0.3) is 0 Å². The molecule has 0 atom stereocenters. The molecule has 18 heavy (non-hydrogen) atoms. The molecule has 2 amide bonds. The van der Waals surface area contributed by atoms with Crippen molar-refractivity contribution in [2.45, 2.75) is 27.7 Å². The summed E-state index contributed by atoms with van der Waals surface area (Å²) in [6.07, 6.45) is 0. The third-order valence-corrected chi connectivity index (χ3v) is 2.39. The molecule has 4 nitrogen and oxygen atoms in total. The van der Waals surface area contributed by atoms with E-state index in [0.717, 1.165) is 11.3 Å². The van der Waals surface area contributed by atoms with Gasteiger partial charge in [-0.1, -0.05) is 32.9 Å². The first-order chi connectivity index (χ1) is 8.29. The second-order valence-corrected chi connectivity index (χ2v) is 5.35. The summed E-state index contributed by atoms with van der Waals surface area (Å²) in [7, 11) is 0. The Morgan fingerprint density at radius 1 is 1.22 bits per heavy atom. The van der Waals surface area contributed by atoms with Crippen LogP contribution < -0.4 is 10.6 Å². The van der Waals surface area contributed by atoms with Crippen molar-refractivity contribution in [3.05, 3.63) is 29.8 Å². The van der Waals surface area contributed by atoms with Crippen molar-refractivity contribution in [1.29, 1.82) is 0 Å². The molecule has 1 aromatic carbocycles. The van der Waals surface area contributed by atoms with Crippen LogP contribution in [-0.4, -0.2) is 18.4 Å². The summed E-state index contributed by atoms with van der Waals surface area (Å²) in [4.78, 5) is 23.2. The van der Waals surface area contributed by atoms with Gasteiger partial charge < -0.3 is 10.6 Å². The summed E-state index contributed by atoms with van der Waals surface area (Å²) in [5, 5.41) is 5.34. The number of nitrogens with one attached hydrogen (secondary N) is 2. The quantitative estimate of drug-likeness (QED) is 0.860. The molecule has 0 aromatic heterocycles. The molecule has 0 saturated heterocycles. The van der Waals surface area contributed by atoms with E-state index in [1.54, 1.807) is 20.8 Å². The van der Waals surface area contributed by atoms with Crippen LogP contribution in [0, 0.1) is 12.3 Å². The van der Waals surface area contributed by atoms with Gasteiger partial charge >= 0.3 is 0 Å². The zero-order valence-corrected chi connectivity index (χ0v) is 11.3. The second-order valence-electron chi connectivity index (χ2n) is 5.35. The Hall–Kier alpha value is -1.84. The Balaban J connectivity index is 2.46. The highest BCUT2D eigenvalue weighted by molar-refractivity contribution is 5.95. The lowest BCUT2D eigenvalue weighted by atomic mass is 9.96. The van der Waals surface area contributed by atoms with Crippen molar-refractivity contribution in [2.75, 3.05) is 11.9 Å². The molecule has 1 rings (SSSR count). The van der Waals surface area contributed by atoms with E-state index in [4.69, 9.17) is 0 Å². The number of hydrogen-bond donors (Lipinski definition) is 2. The van der Waals surface area contributed by atoms with Crippen molar-refractivity contribution in [3.8, 4) is 0 Å². The van der Waals surface area contributed by atoms with Crippen LogP contribution in [0.4, 0.5) is 5.69 Å².